The molecule has 0 spiro atoms. The highest BCUT2D eigenvalue weighted by Crippen LogP contribution is 2.42. The number of methoxy groups -OCH3 is 1. The second-order valence-electron chi connectivity index (χ2n) is 6.82. The molecule has 0 aliphatic carbocycles. The van der Waals surface area contributed by atoms with Crippen LogP contribution in [0.5, 0.6) is 5.75 Å². The number of benzene rings is 2. The molecule has 8 heteroatoms. The van der Waals surface area contributed by atoms with Crippen LogP contribution < -0.4 is 9.46 Å². The van der Waals surface area contributed by atoms with Crippen molar-refractivity contribution in [3.05, 3.63) is 68.7 Å². The second-order valence-corrected chi connectivity index (χ2v) is 11.0. The van der Waals surface area contributed by atoms with Gasteiger partial charge in [0.15, 0.2) is 0 Å². The van der Waals surface area contributed by atoms with Gasteiger partial charge < -0.3 is 4.74 Å². The Kier molecular flexibility index (Phi) is 5.73. The van der Waals surface area contributed by atoms with Crippen molar-refractivity contribution in [2.75, 3.05) is 11.8 Å². The van der Waals surface area contributed by atoms with E-state index in [9.17, 15) is 8.42 Å². The van der Waals surface area contributed by atoms with Crippen LogP contribution in [0.15, 0.2) is 59.5 Å². The van der Waals surface area contributed by atoms with E-state index in [0.29, 0.717) is 5.69 Å². The van der Waals surface area contributed by atoms with E-state index in [1.165, 1.54) is 0 Å². The van der Waals surface area contributed by atoms with E-state index in [2.05, 4.69) is 32.3 Å². The summed E-state index contributed by atoms with van der Waals surface area (Å²) in [6, 6.07) is 16.4. The van der Waals surface area contributed by atoms with Crippen LogP contribution in [0.1, 0.15) is 10.6 Å². The average Bonchev–Trinajstić information content (AvgIpc) is 3.03. The lowest BCUT2D eigenvalue weighted by molar-refractivity contribution is 0.415. The van der Waals surface area contributed by atoms with Gasteiger partial charge in [0.1, 0.15) is 10.6 Å². The predicted octanol–water partition coefficient (Wildman–Crippen LogP) is 5.99. The summed E-state index contributed by atoms with van der Waals surface area (Å²) in [5.74, 6) is 0.743. The molecule has 0 saturated heterocycles. The molecule has 2 aromatic heterocycles. The van der Waals surface area contributed by atoms with Gasteiger partial charge in [-0.2, -0.15) is 0 Å². The molecule has 154 valence electrons. The minimum Gasteiger partial charge on any atom is -0.497 e. The van der Waals surface area contributed by atoms with Crippen LogP contribution in [-0.4, -0.2) is 20.5 Å². The quantitative estimate of drug-likeness (QED) is 0.310. The monoisotopic (exact) mass is 550 g/mol. The Labute approximate surface area is 193 Å². The highest BCUT2D eigenvalue weighted by Gasteiger charge is 2.21. The molecule has 4 aromatic rings. The number of sulfonamides is 1. The van der Waals surface area contributed by atoms with Gasteiger partial charge in [0.25, 0.3) is 10.0 Å². The van der Waals surface area contributed by atoms with Gasteiger partial charge >= 0.3 is 0 Å². The lowest BCUT2D eigenvalue weighted by Gasteiger charge is -2.12. The normalized spacial score (nSPS) is 11.6. The Hall–Kier alpha value is -2.17. The molecule has 0 aliphatic rings. The molecule has 0 amide bonds. The SMILES string of the molecule is COc1cccc(-c2c(C)sc3nc(C)cc(NS(=O)(=O)c4cccc(I)c4)c23)c1. The Morgan fingerprint density at radius 1 is 1.07 bits per heavy atom. The van der Waals surface area contributed by atoms with Crippen LogP contribution in [0.4, 0.5) is 5.69 Å². The van der Waals surface area contributed by atoms with E-state index < -0.39 is 10.0 Å². The Bertz CT molecular complexity index is 1360. The minimum absolute atomic E-state index is 0.229. The number of ether oxygens (including phenoxy) is 1. The highest BCUT2D eigenvalue weighted by molar-refractivity contribution is 14.1. The summed E-state index contributed by atoms with van der Waals surface area (Å²) >= 11 is 3.66. The number of thiophene rings is 1. The first-order chi connectivity index (χ1) is 14.3. The van der Waals surface area contributed by atoms with E-state index in [1.807, 2.05) is 44.2 Å². The number of aromatic nitrogens is 1. The Balaban J connectivity index is 1.92. The number of hydrogen-bond donors (Lipinski definition) is 1. The molecule has 0 bridgehead atoms. The first-order valence-corrected chi connectivity index (χ1v) is 12.5. The molecule has 1 N–H and O–H groups in total. The molecule has 0 radical (unpaired) electrons. The van der Waals surface area contributed by atoms with Crippen molar-refractivity contribution in [1.82, 2.24) is 4.98 Å². The maximum Gasteiger partial charge on any atom is 0.261 e. The summed E-state index contributed by atoms with van der Waals surface area (Å²) in [6.07, 6.45) is 0. The van der Waals surface area contributed by atoms with Crippen molar-refractivity contribution in [1.29, 1.82) is 0 Å². The lowest BCUT2D eigenvalue weighted by Crippen LogP contribution is -2.13. The average molecular weight is 550 g/mol. The van der Waals surface area contributed by atoms with Gasteiger partial charge in [-0.15, -0.1) is 11.3 Å². The third-order valence-electron chi connectivity index (χ3n) is 4.68. The first kappa shape index (κ1) is 21.1. The number of nitrogens with zero attached hydrogens (tertiary/aromatic N) is 1. The number of rotatable bonds is 5. The second kappa shape index (κ2) is 8.16. The molecule has 0 aliphatic heterocycles. The van der Waals surface area contributed by atoms with Gasteiger partial charge in [-0.3, -0.25) is 4.72 Å². The third kappa shape index (κ3) is 4.03. The maximum atomic E-state index is 13.1. The number of pyridine rings is 1. The predicted molar refractivity (Wildman–Crippen MR) is 131 cm³/mol. The number of nitrogens with one attached hydrogen (secondary N) is 1. The van der Waals surface area contributed by atoms with E-state index in [4.69, 9.17) is 4.74 Å². The molecular weight excluding hydrogens is 531 g/mol. The molecule has 2 heterocycles. The van der Waals surface area contributed by atoms with Crippen molar-refractivity contribution >= 4 is 59.9 Å². The molecule has 0 fully saturated rings. The van der Waals surface area contributed by atoms with Gasteiger partial charge in [-0.25, -0.2) is 13.4 Å². The van der Waals surface area contributed by atoms with Crippen LogP contribution in [0, 0.1) is 17.4 Å². The summed E-state index contributed by atoms with van der Waals surface area (Å²) in [6.45, 7) is 3.89. The topological polar surface area (TPSA) is 68.3 Å². The minimum atomic E-state index is -3.75. The van der Waals surface area contributed by atoms with Gasteiger partial charge in [-0.1, -0.05) is 18.2 Å². The Morgan fingerprint density at radius 2 is 1.83 bits per heavy atom. The Morgan fingerprint density at radius 3 is 2.57 bits per heavy atom. The molecule has 0 unspecified atom stereocenters. The zero-order chi connectivity index (χ0) is 21.5. The first-order valence-electron chi connectivity index (χ1n) is 9.12. The molecule has 2 aromatic carbocycles. The van der Waals surface area contributed by atoms with Crippen molar-refractivity contribution in [2.45, 2.75) is 18.7 Å². The number of hydrogen-bond acceptors (Lipinski definition) is 5. The number of fused-ring (bicyclic) bond motifs is 1. The van der Waals surface area contributed by atoms with Gasteiger partial charge in [0.05, 0.1) is 17.7 Å². The highest BCUT2D eigenvalue weighted by atomic mass is 127. The van der Waals surface area contributed by atoms with Crippen LogP contribution in [0.2, 0.25) is 0 Å². The summed E-state index contributed by atoms with van der Waals surface area (Å²) in [5.41, 5.74) is 3.19. The summed E-state index contributed by atoms with van der Waals surface area (Å²) in [5, 5.41) is 0.797. The van der Waals surface area contributed by atoms with E-state index in [-0.39, 0.29) is 4.90 Å². The van der Waals surface area contributed by atoms with E-state index in [0.717, 1.165) is 41.2 Å². The number of halogens is 1. The number of anilines is 1. The molecule has 0 saturated carbocycles. The van der Waals surface area contributed by atoms with E-state index in [1.54, 1.807) is 42.7 Å². The van der Waals surface area contributed by atoms with Crippen molar-refractivity contribution in [3.63, 3.8) is 0 Å². The fourth-order valence-corrected chi connectivity index (χ4v) is 6.35. The fraction of sp³-hybridized carbons (Fsp3) is 0.136. The van der Waals surface area contributed by atoms with Crippen molar-refractivity contribution < 1.29 is 13.2 Å². The van der Waals surface area contributed by atoms with Crippen LogP contribution in [-0.2, 0) is 10.0 Å². The van der Waals surface area contributed by atoms with Gasteiger partial charge in [0.2, 0.25) is 0 Å². The smallest absolute Gasteiger partial charge is 0.261 e. The summed E-state index contributed by atoms with van der Waals surface area (Å²) < 4.78 is 35.3. The van der Waals surface area contributed by atoms with Crippen molar-refractivity contribution in [2.24, 2.45) is 0 Å². The zero-order valence-electron chi connectivity index (χ0n) is 16.6. The standard InChI is InChI=1S/C22H19IN2O3S2/c1-13-10-19(25-30(26,27)18-9-5-7-16(23)12-18)21-20(14(2)29-22(21)24-13)15-6-4-8-17(11-15)28-3/h4-12H,1-3H3,(H,24,25). The largest absolute Gasteiger partial charge is 0.497 e. The molecule has 4 rings (SSSR count). The van der Waals surface area contributed by atoms with Gasteiger partial charge in [-0.05, 0) is 78.4 Å². The summed E-state index contributed by atoms with van der Waals surface area (Å²) in [4.78, 5) is 6.74. The molecule has 30 heavy (non-hydrogen) atoms. The van der Waals surface area contributed by atoms with E-state index >= 15 is 0 Å². The maximum absolute atomic E-state index is 13.1. The summed E-state index contributed by atoms with van der Waals surface area (Å²) in [7, 11) is -2.12. The number of aryl methyl sites for hydroxylation is 2. The van der Waals surface area contributed by atoms with Crippen molar-refractivity contribution in [3.8, 4) is 16.9 Å². The van der Waals surface area contributed by atoms with Crippen LogP contribution >= 0.6 is 33.9 Å². The third-order valence-corrected chi connectivity index (χ3v) is 7.71. The van der Waals surface area contributed by atoms with Gasteiger partial charge in [0, 0.05) is 25.1 Å². The molecular formula is C22H19IN2O3S2. The fourth-order valence-electron chi connectivity index (χ4n) is 3.38. The van der Waals surface area contributed by atoms with Crippen LogP contribution in [0.25, 0.3) is 21.3 Å². The molecule has 0 atom stereocenters. The molecule has 5 nitrogen and oxygen atoms in total. The zero-order valence-corrected chi connectivity index (χ0v) is 20.4. The lowest BCUT2D eigenvalue weighted by atomic mass is 10.0. The van der Waals surface area contributed by atoms with Crippen LogP contribution in [0.3, 0.4) is 0 Å².